The van der Waals surface area contributed by atoms with E-state index in [1.54, 1.807) is 18.2 Å². The Balaban J connectivity index is 1.43. The summed E-state index contributed by atoms with van der Waals surface area (Å²) < 4.78 is 5.19. The maximum Gasteiger partial charge on any atom is 0.338 e. The molecule has 0 N–H and O–H groups in total. The monoisotopic (exact) mass is 431 g/mol. The van der Waals surface area contributed by atoms with Crippen LogP contribution >= 0.6 is 0 Å². The molecule has 1 aliphatic carbocycles. The number of hydrogen-bond donors (Lipinski definition) is 0. The zero-order valence-electron chi connectivity index (χ0n) is 18.3. The Hall–Kier alpha value is -3.54. The number of benzene rings is 2. The number of rotatable bonds is 5. The molecule has 0 radical (unpaired) electrons. The van der Waals surface area contributed by atoms with Gasteiger partial charge in [-0.1, -0.05) is 36.8 Å². The molecular weight excluding hydrogens is 406 g/mol. The summed E-state index contributed by atoms with van der Waals surface area (Å²) in [7, 11) is 0. The molecule has 164 valence electrons. The van der Waals surface area contributed by atoms with Crippen molar-refractivity contribution in [1.29, 1.82) is 0 Å². The van der Waals surface area contributed by atoms with Crippen molar-refractivity contribution in [1.82, 2.24) is 0 Å². The molecule has 4 rings (SSSR count). The van der Waals surface area contributed by atoms with Crippen LogP contribution in [0.2, 0.25) is 0 Å². The van der Waals surface area contributed by atoms with Gasteiger partial charge in [0, 0.05) is 5.56 Å². The number of imide groups is 1. The van der Waals surface area contributed by atoms with Crippen LogP contribution in [0.25, 0.3) is 0 Å². The third-order valence-corrected chi connectivity index (χ3v) is 6.26. The predicted molar refractivity (Wildman–Crippen MR) is 119 cm³/mol. The van der Waals surface area contributed by atoms with Crippen molar-refractivity contribution in [3.05, 3.63) is 76.9 Å². The van der Waals surface area contributed by atoms with E-state index in [4.69, 9.17) is 4.74 Å². The second kappa shape index (κ2) is 8.54. The van der Waals surface area contributed by atoms with E-state index in [0.29, 0.717) is 17.7 Å². The summed E-state index contributed by atoms with van der Waals surface area (Å²) in [6.07, 6.45) is 4.50. The summed E-state index contributed by atoms with van der Waals surface area (Å²) in [6.45, 7) is 5.32. The van der Waals surface area contributed by atoms with Crippen molar-refractivity contribution < 1.29 is 23.9 Å². The van der Waals surface area contributed by atoms with E-state index in [0.717, 1.165) is 11.1 Å². The SMILES string of the molecule is Cc1ccc(C)c(C(=O)COC(=O)c2ccc(N3C(=O)[C@H]4[C@@H](C)C=CC[C@H]4C3=O)cc2)c1. The predicted octanol–water partition coefficient (Wildman–Crippen LogP) is 4.04. The molecule has 2 aromatic carbocycles. The smallest absolute Gasteiger partial charge is 0.338 e. The maximum atomic E-state index is 12.9. The Labute approximate surface area is 186 Å². The highest BCUT2D eigenvalue weighted by atomic mass is 16.5. The van der Waals surface area contributed by atoms with Crippen LogP contribution in [-0.2, 0) is 14.3 Å². The molecule has 32 heavy (non-hydrogen) atoms. The number of anilines is 1. The van der Waals surface area contributed by atoms with E-state index < -0.39 is 5.97 Å². The van der Waals surface area contributed by atoms with E-state index in [9.17, 15) is 19.2 Å². The molecule has 0 bridgehead atoms. The van der Waals surface area contributed by atoms with Crippen LogP contribution in [-0.4, -0.2) is 30.2 Å². The van der Waals surface area contributed by atoms with Crippen LogP contribution in [0.4, 0.5) is 5.69 Å². The molecule has 1 saturated heterocycles. The van der Waals surface area contributed by atoms with Crippen LogP contribution in [0, 0.1) is 31.6 Å². The number of ketones is 1. The van der Waals surface area contributed by atoms with Gasteiger partial charge in [0.05, 0.1) is 23.1 Å². The number of carbonyl (C=O) groups is 4. The van der Waals surface area contributed by atoms with Gasteiger partial charge < -0.3 is 4.74 Å². The minimum absolute atomic E-state index is 0.0130. The minimum Gasteiger partial charge on any atom is -0.454 e. The number of hydrogen-bond acceptors (Lipinski definition) is 5. The van der Waals surface area contributed by atoms with Gasteiger partial charge in [0.15, 0.2) is 6.61 Å². The average molecular weight is 431 g/mol. The van der Waals surface area contributed by atoms with Gasteiger partial charge in [0.2, 0.25) is 17.6 Å². The second-order valence-electron chi connectivity index (χ2n) is 8.53. The summed E-state index contributed by atoms with van der Waals surface area (Å²) in [6, 6.07) is 11.7. The lowest BCUT2D eigenvalue weighted by atomic mass is 9.78. The number of ether oxygens (including phenoxy) is 1. The second-order valence-corrected chi connectivity index (χ2v) is 8.53. The fourth-order valence-electron chi connectivity index (χ4n) is 4.48. The zero-order valence-corrected chi connectivity index (χ0v) is 18.3. The number of carbonyl (C=O) groups excluding carboxylic acids is 4. The van der Waals surface area contributed by atoms with Crippen LogP contribution < -0.4 is 4.90 Å². The Morgan fingerprint density at radius 2 is 1.75 bits per heavy atom. The number of aryl methyl sites for hydroxylation is 2. The first-order valence-electron chi connectivity index (χ1n) is 10.7. The van der Waals surface area contributed by atoms with Crippen molar-refractivity contribution in [2.45, 2.75) is 27.2 Å². The van der Waals surface area contributed by atoms with Gasteiger partial charge in [-0.3, -0.25) is 19.3 Å². The molecule has 2 aliphatic rings. The molecule has 0 saturated carbocycles. The topological polar surface area (TPSA) is 80.8 Å². The Morgan fingerprint density at radius 1 is 1.03 bits per heavy atom. The number of fused-ring (bicyclic) bond motifs is 1. The number of esters is 1. The summed E-state index contributed by atoms with van der Waals surface area (Å²) in [5.74, 6) is -1.97. The third kappa shape index (κ3) is 3.88. The summed E-state index contributed by atoms with van der Waals surface area (Å²) in [5.41, 5.74) is 2.99. The molecule has 2 aromatic rings. The molecule has 0 unspecified atom stereocenters. The first-order chi connectivity index (χ1) is 15.3. The van der Waals surface area contributed by atoms with Crippen LogP contribution in [0.1, 0.15) is 45.2 Å². The van der Waals surface area contributed by atoms with Crippen molar-refractivity contribution >= 4 is 29.3 Å². The summed E-state index contributed by atoms with van der Waals surface area (Å²) in [4.78, 5) is 51.8. The van der Waals surface area contributed by atoms with Crippen molar-refractivity contribution in [2.24, 2.45) is 17.8 Å². The Morgan fingerprint density at radius 3 is 2.44 bits per heavy atom. The molecule has 6 heteroatoms. The van der Waals surface area contributed by atoms with Gasteiger partial charge in [-0.05, 0) is 62.1 Å². The number of allylic oxidation sites excluding steroid dienone is 2. The summed E-state index contributed by atoms with van der Waals surface area (Å²) >= 11 is 0. The van der Waals surface area contributed by atoms with Crippen molar-refractivity contribution in [3.8, 4) is 0 Å². The average Bonchev–Trinajstić information content (AvgIpc) is 3.04. The van der Waals surface area contributed by atoms with E-state index in [-0.39, 0.29) is 47.5 Å². The largest absolute Gasteiger partial charge is 0.454 e. The van der Waals surface area contributed by atoms with Gasteiger partial charge in [0.1, 0.15) is 0 Å². The first kappa shape index (κ1) is 21.7. The third-order valence-electron chi connectivity index (χ3n) is 6.26. The fourth-order valence-corrected chi connectivity index (χ4v) is 4.48. The highest BCUT2D eigenvalue weighted by molar-refractivity contribution is 6.22. The van der Waals surface area contributed by atoms with E-state index in [1.165, 1.54) is 17.0 Å². The van der Waals surface area contributed by atoms with Crippen LogP contribution in [0.5, 0.6) is 0 Å². The molecule has 0 spiro atoms. The van der Waals surface area contributed by atoms with Gasteiger partial charge in [-0.15, -0.1) is 0 Å². The molecule has 6 nitrogen and oxygen atoms in total. The van der Waals surface area contributed by atoms with Gasteiger partial charge in [0.25, 0.3) is 0 Å². The highest BCUT2D eigenvalue weighted by Gasteiger charge is 2.50. The normalized spacial score (nSPS) is 22.1. The molecule has 2 amide bonds. The Kier molecular flexibility index (Phi) is 5.78. The molecule has 3 atom stereocenters. The highest BCUT2D eigenvalue weighted by Crippen LogP contribution is 2.40. The molecule has 0 aromatic heterocycles. The van der Waals surface area contributed by atoms with E-state index in [1.807, 2.05) is 45.1 Å². The minimum atomic E-state index is -0.638. The first-order valence-corrected chi connectivity index (χ1v) is 10.7. The maximum absolute atomic E-state index is 12.9. The fraction of sp³-hybridized carbons (Fsp3) is 0.308. The van der Waals surface area contributed by atoms with Crippen molar-refractivity contribution in [2.75, 3.05) is 11.5 Å². The van der Waals surface area contributed by atoms with Crippen LogP contribution in [0.15, 0.2) is 54.6 Å². The van der Waals surface area contributed by atoms with Gasteiger partial charge >= 0.3 is 5.97 Å². The lowest BCUT2D eigenvalue weighted by molar-refractivity contribution is -0.122. The lowest BCUT2D eigenvalue weighted by Crippen LogP contribution is -2.31. The van der Waals surface area contributed by atoms with E-state index in [2.05, 4.69) is 0 Å². The quantitative estimate of drug-likeness (QED) is 0.309. The van der Waals surface area contributed by atoms with Crippen molar-refractivity contribution in [3.63, 3.8) is 0 Å². The zero-order chi connectivity index (χ0) is 23.0. The number of Topliss-reactive ketones (excluding diaryl/α,β-unsaturated/α-hetero) is 1. The molecule has 1 heterocycles. The molecule has 1 fully saturated rings. The van der Waals surface area contributed by atoms with E-state index >= 15 is 0 Å². The van der Waals surface area contributed by atoms with Gasteiger partial charge in [-0.25, -0.2) is 4.79 Å². The Bertz CT molecular complexity index is 1130. The summed E-state index contributed by atoms with van der Waals surface area (Å²) in [5, 5.41) is 0. The van der Waals surface area contributed by atoms with Gasteiger partial charge in [-0.2, -0.15) is 0 Å². The number of nitrogens with zero attached hydrogens (tertiary/aromatic N) is 1. The molecule has 1 aliphatic heterocycles. The lowest BCUT2D eigenvalue weighted by Gasteiger charge is -2.22. The number of amides is 2. The van der Waals surface area contributed by atoms with Crippen LogP contribution in [0.3, 0.4) is 0 Å². The molecular formula is C26H25NO5. The standard InChI is InChI=1S/C26H25NO5/c1-15-7-8-16(2)21(13-15)22(28)14-32-26(31)18-9-11-19(12-10-18)27-24(29)20-6-4-5-17(3)23(20)25(27)30/h4-5,7-13,17,20,23H,6,14H2,1-3H3/t17-,20+,23-/m0/s1.